The normalized spacial score (nSPS) is 10.9. The van der Waals surface area contributed by atoms with E-state index in [1.54, 1.807) is 24.3 Å². The number of nitrogen functional groups attached to an aromatic ring is 1. The van der Waals surface area contributed by atoms with Crippen LogP contribution in [0.1, 0.15) is 36.9 Å². The number of anilines is 3. The number of aromatic carboxylic acids is 1. The average molecular weight is 449 g/mol. The van der Waals surface area contributed by atoms with Crippen LogP contribution in [0.3, 0.4) is 0 Å². The molecule has 2 amide bonds. The Labute approximate surface area is 183 Å². The molecule has 2 aromatic carbocycles. The predicted octanol–water partition coefficient (Wildman–Crippen LogP) is -0.622. The highest BCUT2D eigenvalue weighted by atomic mass is 16.4. The Kier molecular flexibility index (Phi) is 5.06. The lowest BCUT2D eigenvalue weighted by Crippen LogP contribution is -2.36. The van der Waals surface area contributed by atoms with Crippen LogP contribution in [0.5, 0.6) is 0 Å². The summed E-state index contributed by atoms with van der Waals surface area (Å²) in [7, 11) is 0. The Hall–Kier alpha value is -5.07. The molecule has 0 atom stereocenters. The van der Waals surface area contributed by atoms with Crippen LogP contribution in [0.2, 0.25) is 0 Å². The number of nitrogens with zero attached hydrogens (tertiary/aromatic N) is 3. The van der Waals surface area contributed by atoms with Gasteiger partial charge in [-0.3, -0.25) is 19.2 Å². The number of benzene rings is 1. The number of nitrogens with one attached hydrogen (secondary N) is 2. The lowest BCUT2D eigenvalue weighted by Gasteiger charge is -2.12. The quantitative estimate of drug-likeness (QED) is 0.225. The largest absolute Gasteiger partial charge is 0.477 e. The van der Waals surface area contributed by atoms with E-state index in [-0.39, 0.29) is 40.5 Å². The first-order valence-corrected chi connectivity index (χ1v) is 9.32. The van der Waals surface area contributed by atoms with Crippen molar-refractivity contribution in [1.29, 1.82) is 0 Å². The number of aromatic nitrogens is 3. The summed E-state index contributed by atoms with van der Waals surface area (Å²) in [5.74, 6) is -2.97. The van der Waals surface area contributed by atoms with Gasteiger partial charge in [-0.05, 0) is 17.7 Å². The third-order valence-electron chi connectivity index (χ3n) is 4.79. The number of amides is 2. The first-order chi connectivity index (χ1) is 15.7. The number of carboxylic acid groups (broad SMARTS) is 1. The maximum Gasteiger partial charge on any atom is 0.354 e. The Bertz CT molecular complexity index is 1530. The van der Waals surface area contributed by atoms with Crippen molar-refractivity contribution in [2.24, 2.45) is 5.73 Å². The van der Waals surface area contributed by atoms with Crippen LogP contribution < -0.4 is 33.0 Å². The zero-order valence-corrected chi connectivity index (χ0v) is 16.7. The molecular formula is C20H15N7O6. The van der Waals surface area contributed by atoms with Crippen molar-refractivity contribution < 1.29 is 19.5 Å². The van der Waals surface area contributed by atoms with Gasteiger partial charge in [-0.2, -0.15) is 5.10 Å². The molecule has 0 bridgehead atoms. The monoisotopic (exact) mass is 449 g/mol. The maximum atomic E-state index is 12.6. The zero-order valence-electron chi connectivity index (χ0n) is 16.7. The number of carbonyl (C=O) groups is 3. The summed E-state index contributed by atoms with van der Waals surface area (Å²) < 4.78 is 0.904. The van der Waals surface area contributed by atoms with Crippen LogP contribution in [0, 0.1) is 0 Å². The Morgan fingerprint density at radius 3 is 2.55 bits per heavy atom. The highest BCUT2D eigenvalue weighted by Gasteiger charge is 2.21. The van der Waals surface area contributed by atoms with E-state index in [9.17, 15) is 29.1 Å². The van der Waals surface area contributed by atoms with Crippen molar-refractivity contribution in [3.63, 3.8) is 0 Å². The summed E-state index contributed by atoms with van der Waals surface area (Å²) in [6.45, 7) is 0.0208. The third-order valence-corrected chi connectivity index (χ3v) is 4.79. The smallest absolute Gasteiger partial charge is 0.354 e. The molecule has 7 N–H and O–H groups in total. The second-order valence-corrected chi connectivity index (χ2v) is 6.94. The molecule has 0 saturated carbocycles. The molecule has 0 aliphatic carbocycles. The fourth-order valence-electron chi connectivity index (χ4n) is 3.11. The Balaban J connectivity index is 1.55. The van der Waals surface area contributed by atoms with Gasteiger partial charge in [0.25, 0.3) is 22.7 Å². The van der Waals surface area contributed by atoms with Crippen molar-refractivity contribution in [3.05, 3.63) is 79.5 Å². The lowest BCUT2D eigenvalue weighted by molar-refractivity contribution is 0.0686. The van der Waals surface area contributed by atoms with E-state index >= 15 is 0 Å². The van der Waals surface area contributed by atoms with E-state index in [0.717, 1.165) is 16.8 Å². The summed E-state index contributed by atoms with van der Waals surface area (Å²) in [4.78, 5) is 62.6. The summed E-state index contributed by atoms with van der Waals surface area (Å²) in [5.41, 5.74) is 9.32. The van der Waals surface area contributed by atoms with Crippen LogP contribution in [-0.2, 0) is 6.54 Å². The van der Waals surface area contributed by atoms with Crippen LogP contribution in [-0.4, -0.2) is 37.5 Å². The van der Waals surface area contributed by atoms with Gasteiger partial charge in [-0.1, -0.05) is 12.1 Å². The zero-order chi connectivity index (χ0) is 23.9. The highest BCUT2D eigenvalue weighted by Crippen LogP contribution is 2.19. The van der Waals surface area contributed by atoms with E-state index in [2.05, 4.69) is 20.7 Å². The van der Waals surface area contributed by atoms with Crippen LogP contribution >= 0.6 is 0 Å². The molecule has 0 aliphatic rings. The SMILES string of the molecule is NC(=O)c1cnn2c(C(=O)O)cc(C(=O)NCc3cccc(Nc4c(N)c(=O)c4=O)c3)nc12. The van der Waals surface area contributed by atoms with Gasteiger partial charge in [0, 0.05) is 18.3 Å². The van der Waals surface area contributed by atoms with Crippen LogP contribution in [0.4, 0.5) is 17.1 Å². The standard InChI is InChI=1S/C20H15N7O6/c21-13-14(16(29)15(13)28)25-9-3-1-2-8(4-9)6-23-19(31)11-5-12(20(32)33)27-18(26-11)10(7-24-27)17(22)30/h1-5,7,25H,6,21H2,(H2,22,30)(H,23,31)(H,32,33). The summed E-state index contributed by atoms with van der Waals surface area (Å²) >= 11 is 0. The number of nitrogens with two attached hydrogens (primary N) is 2. The van der Waals surface area contributed by atoms with E-state index in [1.807, 2.05) is 0 Å². The van der Waals surface area contributed by atoms with Gasteiger partial charge in [0.1, 0.15) is 22.6 Å². The minimum Gasteiger partial charge on any atom is -0.477 e. The van der Waals surface area contributed by atoms with E-state index in [4.69, 9.17) is 11.5 Å². The molecule has 13 heteroatoms. The molecule has 33 heavy (non-hydrogen) atoms. The topological polar surface area (TPSA) is 212 Å². The second kappa shape index (κ2) is 7.88. The molecule has 0 unspecified atom stereocenters. The van der Waals surface area contributed by atoms with E-state index in [0.29, 0.717) is 11.3 Å². The van der Waals surface area contributed by atoms with Gasteiger partial charge >= 0.3 is 5.97 Å². The average Bonchev–Trinajstić information content (AvgIpc) is 3.24. The van der Waals surface area contributed by atoms with Gasteiger partial charge in [-0.25, -0.2) is 14.3 Å². The first kappa shape index (κ1) is 21.2. The number of fused-ring (bicyclic) bond motifs is 1. The van der Waals surface area contributed by atoms with Crippen molar-refractivity contribution in [2.75, 3.05) is 11.1 Å². The highest BCUT2D eigenvalue weighted by molar-refractivity contribution is 6.01. The number of carbonyl (C=O) groups excluding carboxylic acids is 2. The molecule has 0 saturated heterocycles. The Morgan fingerprint density at radius 2 is 1.88 bits per heavy atom. The first-order valence-electron chi connectivity index (χ1n) is 9.32. The van der Waals surface area contributed by atoms with Crippen molar-refractivity contribution in [1.82, 2.24) is 19.9 Å². The Morgan fingerprint density at radius 1 is 1.12 bits per heavy atom. The van der Waals surface area contributed by atoms with Gasteiger partial charge in [0.05, 0.1) is 6.20 Å². The van der Waals surface area contributed by atoms with Gasteiger partial charge in [0.15, 0.2) is 11.3 Å². The van der Waals surface area contributed by atoms with Crippen LogP contribution in [0.15, 0.2) is 46.1 Å². The molecule has 0 radical (unpaired) electrons. The van der Waals surface area contributed by atoms with Gasteiger partial charge in [-0.15, -0.1) is 0 Å². The molecule has 0 spiro atoms. The third kappa shape index (κ3) is 3.74. The summed E-state index contributed by atoms with van der Waals surface area (Å²) in [6.07, 6.45) is 1.07. The number of primary amides is 1. The van der Waals surface area contributed by atoms with Gasteiger partial charge < -0.3 is 27.2 Å². The molecule has 13 nitrogen and oxygen atoms in total. The molecule has 4 rings (SSSR count). The fraction of sp³-hybridized carbons (Fsp3) is 0.0500. The number of rotatable bonds is 7. The van der Waals surface area contributed by atoms with Crippen LogP contribution in [0.25, 0.3) is 5.65 Å². The molecular weight excluding hydrogens is 434 g/mol. The lowest BCUT2D eigenvalue weighted by atomic mass is 10.1. The van der Waals surface area contributed by atoms with Crippen molar-refractivity contribution in [2.45, 2.75) is 6.54 Å². The van der Waals surface area contributed by atoms with E-state index < -0.39 is 28.6 Å². The molecule has 2 aromatic heterocycles. The summed E-state index contributed by atoms with van der Waals surface area (Å²) in [6, 6.07) is 7.64. The molecule has 0 fully saturated rings. The van der Waals surface area contributed by atoms with Gasteiger partial charge in [0.2, 0.25) is 0 Å². The molecule has 2 heterocycles. The molecule has 0 aliphatic heterocycles. The minimum absolute atomic E-state index is 0.00551. The number of hydrogen-bond donors (Lipinski definition) is 5. The molecule has 4 aromatic rings. The summed E-state index contributed by atoms with van der Waals surface area (Å²) in [5, 5.41) is 18.6. The number of carboxylic acids is 1. The predicted molar refractivity (Wildman–Crippen MR) is 115 cm³/mol. The fourth-order valence-corrected chi connectivity index (χ4v) is 3.11. The minimum atomic E-state index is -1.38. The van der Waals surface area contributed by atoms with Crippen molar-refractivity contribution >= 4 is 40.5 Å². The van der Waals surface area contributed by atoms with E-state index in [1.165, 1.54) is 0 Å². The second-order valence-electron chi connectivity index (χ2n) is 6.94. The molecule has 166 valence electrons. The maximum absolute atomic E-state index is 12.6. The van der Waals surface area contributed by atoms with Crippen molar-refractivity contribution in [3.8, 4) is 0 Å². The number of hydrogen-bond acceptors (Lipinski definition) is 9.